The molecule has 0 spiro atoms. The summed E-state index contributed by atoms with van der Waals surface area (Å²) in [6.07, 6.45) is 4.05. The summed E-state index contributed by atoms with van der Waals surface area (Å²) in [6.45, 7) is 6.22. The van der Waals surface area contributed by atoms with Crippen LogP contribution in [0.2, 0.25) is 0 Å². The molecule has 4 rings (SSSR count). The highest BCUT2D eigenvalue weighted by molar-refractivity contribution is 7.89. The maximum absolute atomic E-state index is 13.3. The molecule has 1 aromatic rings. The maximum atomic E-state index is 13.3. The third-order valence-corrected chi connectivity index (χ3v) is 8.18. The van der Waals surface area contributed by atoms with E-state index in [2.05, 4.69) is 13.8 Å². The molecule has 0 aliphatic carbocycles. The van der Waals surface area contributed by atoms with E-state index in [1.54, 1.807) is 11.0 Å². The van der Waals surface area contributed by atoms with Gasteiger partial charge in [0.05, 0.1) is 10.6 Å². The van der Waals surface area contributed by atoms with Crippen molar-refractivity contribution in [2.45, 2.75) is 44.4 Å². The summed E-state index contributed by atoms with van der Waals surface area (Å²) in [6, 6.07) is 4.59. The number of benzene rings is 1. The summed E-state index contributed by atoms with van der Waals surface area (Å²) < 4.78 is 33.7. The van der Waals surface area contributed by atoms with Gasteiger partial charge in [-0.3, -0.25) is 14.5 Å². The van der Waals surface area contributed by atoms with E-state index in [0.29, 0.717) is 49.5 Å². The summed E-state index contributed by atoms with van der Waals surface area (Å²) in [5.41, 5.74) is 0.348. The van der Waals surface area contributed by atoms with Crippen molar-refractivity contribution < 1.29 is 22.7 Å². The molecule has 1 aromatic carbocycles. The number of anilines is 1. The van der Waals surface area contributed by atoms with Crippen LogP contribution in [0, 0.1) is 11.8 Å². The molecule has 170 valence electrons. The highest BCUT2D eigenvalue weighted by Crippen LogP contribution is 2.36. The number of rotatable bonds is 4. The van der Waals surface area contributed by atoms with Gasteiger partial charge in [-0.15, -0.1) is 0 Å². The molecule has 0 aromatic heterocycles. The van der Waals surface area contributed by atoms with E-state index < -0.39 is 10.0 Å². The van der Waals surface area contributed by atoms with Gasteiger partial charge in [-0.2, -0.15) is 4.31 Å². The molecule has 2 amide bonds. The first-order chi connectivity index (χ1) is 14.8. The van der Waals surface area contributed by atoms with Crippen molar-refractivity contribution in [3.05, 3.63) is 18.2 Å². The topological polar surface area (TPSA) is 87.2 Å². The molecule has 0 saturated carbocycles. The Bertz CT molecular complexity index is 948. The minimum absolute atomic E-state index is 0.101. The molecule has 2 atom stereocenters. The summed E-state index contributed by atoms with van der Waals surface area (Å²) in [5, 5.41) is 0. The van der Waals surface area contributed by atoms with Crippen LogP contribution in [0.4, 0.5) is 5.69 Å². The van der Waals surface area contributed by atoms with E-state index in [-0.39, 0.29) is 29.9 Å². The van der Waals surface area contributed by atoms with Crippen molar-refractivity contribution >= 4 is 27.5 Å². The van der Waals surface area contributed by atoms with Gasteiger partial charge in [-0.25, -0.2) is 8.42 Å². The number of piperidine rings is 2. The van der Waals surface area contributed by atoms with Crippen LogP contribution in [0.15, 0.2) is 23.1 Å². The standard InChI is InChI=1S/C22H31N3O5S/c1-16-10-17(2)13-24(12-16)31(28,29)18-6-7-20-19(11-18)25(22(27)15-30-20)14-21(26)23-8-4-3-5-9-23/h6-7,11,16-17H,3-5,8-10,12-15H2,1-2H3. The van der Waals surface area contributed by atoms with Gasteiger partial charge >= 0.3 is 0 Å². The van der Waals surface area contributed by atoms with Crippen LogP contribution in [0.1, 0.15) is 39.5 Å². The Kier molecular flexibility index (Phi) is 6.25. The zero-order valence-corrected chi connectivity index (χ0v) is 19.1. The smallest absolute Gasteiger partial charge is 0.265 e. The first kappa shape index (κ1) is 22.1. The first-order valence-electron chi connectivity index (χ1n) is 11.1. The van der Waals surface area contributed by atoms with Crippen LogP contribution in [0.3, 0.4) is 0 Å². The number of amides is 2. The largest absolute Gasteiger partial charge is 0.482 e. The molecule has 2 saturated heterocycles. The Balaban J connectivity index is 1.61. The van der Waals surface area contributed by atoms with E-state index in [1.807, 2.05) is 0 Å². The minimum atomic E-state index is -3.71. The number of hydrogen-bond acceptors (Lipinski definition) is 5. The van der Waals surface area contributed by atoms with Gasteiger partial charge in [0.15, 0.2) is 6.61 Å². The van der Waals surface area contributed by atoms with Crippen molar-refractivity contribution in [3.8, 4) is 5.75 Å². The third-order valence-electron chi connectivity index (χ3n) is 6.35. The number of carbonyl (C=O) groups is 2. The van der Waals surface area contributed by atoms with Crippen LogP contribution >= 0.6 is 0 Å². The van der Waals surface area contributed by atoms with Crippen LogP contribution in [-0.2, 0) is 19.6 Å². The van der Waals surface area contributed by atoms with E-state index in [0.717, 1.165) is 25.7 Å². The highest BCUT2D eigenvalue weighted by atomic mass is 32.2. The fourth-order valence-corrected chi connectivity index (χ4v) is 6.55. The van der Waals surface area contributed by atoms with E-state index in [9.17, 15) is 18.0 Å². The second-order valence-electron chi connectivity index (χ2n) is 9.11. The van der Waals surface area contributed by atoms with Crippen LogP contribution in [0.25, 0.3) is 0 Å². The van der Waals surface area contributed by atoms with Gasteiger partial charge < -0.3 is 9.64 Å². The first-order valence-corrected chi connectivity index (χ1v) is 12.5. The quantitative estimate of drug-likeness (QED) is 0.703. The van der Waals surface area contributed by atoms with Gasteiger partial charge in [0, 0.05) is 26.2 Å². The zero-order chi connectivity index (χ0) is 22.2. The summed E-state index contributed by atoms with van der Waals surface area (Å²) in [4.78, 5) is 28.7. The average molecular weight is 450 g/mol. The second-order valence-corrected chi connectivity index (χ2v) is 11.0. The summed E-state index contributed by atoms with van der Waals surface area (Å²) in [5.74, 6) is 0.547. The molecule has 9 heteroatoms. The molecule has 0 radical (unpaired) electrons. The van der Waals surface area contributed by atoms with Gasteiger partial charge in [0.2, 0.25) is 15.9 Å². The predicted octanol–water partition coefficient (Wildman–Crippen LogP) is 2.09. The lowest BCUT2D eigenvalue weighted by atomic mass is 9.94. The molecule has 3 heterocycles. The van der Waals surface area contributed by atoms with Crippen LogP contribution < -0.4 is 9.64 Å². The molecular weight excluding hydrogens is 418 g/mol. The fourth-order valence-electron chi connectivity index (χ4n) is 4.85. The molecule has 0 N–H and O–H groups in total. The van der Waals surface area contributed by atoms with Crippen molar-refractivity contribution in [2.75, 3.05) is 44.2 Å². The maximum Gasteiger partial charge on any atom is 0.265 e. The number of ether oxygens (including phenoxy) is 1. The molecule has 2 fully saturated rings. The average Bonchev–Trinajstić information content (AvgIpc) is 2.75. The number of carbonyl (C=O) groups excluding carboxylic acids is 2. The molecule has 2 unspecified atom stereocenters. The van der Waals surface area contributed by atoms with E-state index >= 15 is 0 Å². The van der Waals surface area contributed by atoms with Gasteiger partial charge in [0.25, 0.3) is 5.91 Å². The fraction of sp³-hybridized carbons (Fsp3) is 0.636. The molecule has 8 nitrogen and oxygen atoms in total. The van der Waals surface area contributed by atoms with Gasteiger partial charge in [-0.05, 0) is 55.7 Å². The molecule has 31 heavy (non-hydrogen) atoms. The Hall–Kier alpha value is -2.13. The van der Waals surface area contributed by atoms with Crippen molar-refractivity contribution in [1.82, 2.24) is 9.21 Å². The number of nitrogens with zero attached hydrogens (tertiary/aromatic N) is 3. The number of fused-ring (bicyclic) bond motifs is 1. The second kappa shape index (κ2) is 8.78. The van der Waals surface area contributed by atoms with E-state index in [4.69, 9.17) is 4.74 Å². The Morgan fingerprint density at radius 1 is 1.10 bits per heavy atom. The Morgan fingerprint density at radius 3 is 2.45 bits per heavy atom. The zero-order valence-electron chi connectivity index (χ0n) is 18.2. The monoisotopic (exact) mass is 449 g/mol. The SMILES string of the molecule is CC1CC(C)CN(S(=O)(=O)c2ccc3c(c2)N(CC(=O)N2CCCCC2)C(=O)CO3)C1. The summed E-state index contributed by atoms with van der Waals surface area (Å²) in [7, 11) is -3.71. The lowest BCUT2D eigenvalue weighted by Gasteiger charge is -2.35. The van der Waals surface area contributed by atoms with Gasteiger partial charge in [0.1, 0.15) is 12.3 Å². The summed E-state index contributed by atoms with van der Waals surface area (Å²) >= 11 is 0. The van der Waals surface area contributed by atoms with Crippen molar-refractivity contribution in [1.29, 1.82) is 0 Å². The molecule has 0 bridgehead atoms. The Morgan fingerprint density at radius 2 is 1.77 bits per heavy atom. The minimum Gasteiger partial charge on any atom is -0.482 e. The Labute approximate surface area is 184 Å². The van der Waals surface area contributed by atoms with Crippen molar-refractivity contribution in [2.24, 2.45) is 11.8 Å². The van der Waals surface area contributed by atoms with Gasteiger partial charge in [-0.1, -0.05) is 13.8 Å². The normalized spacial score (nSPS) is 25.2. The highest BCUT2D eigenvalue weighted by Gasteiger charge is 2.34. The number of hydrogen-bond donors (Lipinski definition) is 0. The lowest BCUT2D eigenvalue weighted by molar-refractivity contribution is -0.132. The predicted molar refractivity (Wildman–Crippen MR) is 116 cm³/mol. The number of sulfonamides is 1. The van der Waals surface area contributed by atoms with Crippen LogP contribution in [0.5, 0.6) is 5.75 Å². The van der Waals surface area contributed by atoms with Crippen LogP contribution in [-0.4, -0.2) is 68.8 Å². The van der Waals surface area contributed by atoms with E-state index in [1.165, 1.54) is 21.3 Å². The molecular formula is C22H31N3O5S. The van der Waals surface area contributed by atoms with Crippen molar-refractivity contribution in [3.63, 3.8) is 0 Å². The lowest BCUT2D eigenvalue weighted by Crippen LogP contribution is -2.47. The third kappa shape index (κ3) is 4.57. The number of likely N-dealkylation sites (tertiary alicyclic amines) is 1. The molecule has 3 aliphatic rings. The molecule has 3 aliphatic heterocycles.